The Morgan fingerprint density at radius 1 is 1.19 bits per heavy atom. The van der Waals surface area contributed by atoms with E-state index in [0.29, 0.717) is 5.03 Å². The van der Waals surface area contributed by atoms with Gasteiger partial charge in [-0.05, 0) is 12.1 Å². The fourth-order valence-corrected chi connectivity index (χ4v) is 4.18. The van der Waals surface area contributed by atoms with Gasteiger partial charge in [-0.1, -0.05) is 23.9 Å². The quantitative estimate of drug-likeness (QED) is 0.201. The molecule has 0 atom stereocenters. The molecule has 0 radical (unpaired) electrons. The van der Waals surface area contributed by atoms with Crippen LogP contribution in [0.1, 0.15) is 10.4 Å². The summed E-state index contributed by atoms with van der Waals surface area (Å²) < 4.78 is 15.1. The number of carbonyl (C=O) groups excluding carboxylic acids is 2. The number of ether oxygens (including phenoxy) is 3. The zero-order valence-corrected chi connectivity index (χ0v) is 18.1. The molecule has 0 spiro atoms. The van der Waals surface area contributed by atoms with Crippen LogP contribution >= 0.6 is 11.8 Å². The van der Waals surface area contributed by atoms with Crippen LogP contribution in [0.5, 0.6) is 11.5 Å². The average molecular weight is 455 g/mol. The molecule has 1 aliphatic rings. The summed E-state index contributed by atoms with van der Waals surface area (Å²) in [5, 5.41) is 21.3. The number of para-hydroxylation sites is 1. The average Bonchev–Trinajstić information content (AvgIpc) is 3.13. The number of anilines is 1. The molecule has 0 aliphatic carbocycles. The first-order valence-electron chi connectivity index (χ1n) is 9.08. The highest BCUT2D eigenvalue weighted by atomic mass is 32.2. The van der Waals surface area contributed by atoms with Crippen molar-refractivity contribution in [3.05, 3.63) is 62.7 Å². The number of benzene rings is 2. The first kappa shape index (κ1) is 22.6. The number of Topliss-reactive ketones (excluding diaryl/α,β-unsaturated/α-hetero) is 1. The lowest BCUT2D eigenvalue weighted by Gasteiger charge is -2.14. The summed E-state index contributed by atoms with van der Waals surface area (Å²) in [6.07, 6.45) is 0. The predicted molar refractivity (Wildman–Crippen MR) is 115 cm³/mol. The lowest BCUT2D eigenvalue weighted by molar-refractivity contribution is -0.385. The van der Waals surface area contributed by atoms with E-state index in [9.17, 15) is 25.0 Å². The van der Waals surface area contributed by atoms with Gasteiger partial charge in [0.2, 0.25) is 5.78 Å². The van der Waals surface area contributed by atoms with E-state index in [1.807, 2.05) is 30.3 Å². The van der Waals surface area contributed by atoms with Crippen molar-refractivity contribution in [2.24, 2.45) is 0 Å². The Morgan fingerprint density at radius 2 is 1.84 bits per heavy atom. The molecule has 164 valence electrons. The summed E-state index contributed by atoms with van der Waals surface area (Å²) in [6.45, 7) is -0.762. The van der Waals surface area contributed by atoms with E-state index in [1.54, 1.807) is 11.9 Å². The molecule has 0 aromatic heterocycles. The zero-order valence-electron chi connectivity index (χ0n) is 17.3. The molecule has 10 nitrogen and oxygen atoms in total. The minimum Gasteiger partial charge on any atom is -0.493 e. The Kier molecular flexibility index (Phi) is 6.65. The molecule has 0 N–H and O–H groups in total. The standard InChI is InChI=1S/C21H17N3O7S/c1-23-14-6-4-5-7-19(14)32-20(23)13(10-22)16(25)11-31-21(26)12-8-17(29-2)18(30-3)9-15(12)24(27)28/h4-9H,11H2,1-3H3/b20-13-. The van der Waals surface area contributed by atoms with E-state index in [4.69, 9.17) is 14.2 Å². The molecule has 32 heavy (non-hydrogen) atoms. The normalized spacial score (nSPS) is 13.6. The van der Waals surface area contributed by atoms with Gasteiger partial charge in [0.1, 0.15) is 22.2 Å². The Bertz CT molecular complexity index is 1190. The van der Waals surface area contributed by atoms with Gasteiger partial charge >= 0.3 is 5.97 Å². The van der Waals surface area contributed by atoms with Crippen molar-refractivity contribution in [1.29, 1.82) is 5.26 Å². The summed E-state index contributed by atoms with van der Waals surface area (Å²) in [4.78, 5) is 38.4. The number of hydrogen-bond donors (Lipinski definition) is 0. The van der Waals surface area contributed by atoms with Crippen molar-refractivity contribution in [3.63, 3.8) is 0 Å². The number of nitro benzene ring substituents is 1. The van der Waals surface area contributed by atoms with Gasteiger partial charge in [0.25, 0.3) is 5.69 Å². The maximum Gasteiger partial charge on any atom is 0.345 e. The number of carbonyl (C=O) groups is 2. The minimum absolute atomic E-state index is 0.0594. The third kappa shape index (κ3) is 4.21. The number of hydrogen-bond acceptors (Lipinski definition) is 10. The topological polar surface area (TPSA) is 132 Å². The number of esters is 1. The zero-order chi connectivity index (χ0) is 23.4. The molecule has 0 bridgehead atoms. The maximum absolute atomic E-state index is 12.7. The van der Waals surface area contributed by atoms with Gasteiger partial charge in [0, 0.05) is 18.0 Å². The lowest BCUT2D eigenvalue weighted by atomic mass is 10.1. The minimum atomic E-state index is -1.11. The van der Waals surface area contributed by atoms with Crippen LogP contribution in [-0.2, 0) is 9.53 Å². The molecular formula is C21H17N3O7S. The number of rotatable bonds is 7. The number of nitrogens with zero attached hydrogens (tertiary/aromatic N) is 3. The fourth-order valence-electron chi connectivity index (χ4n) is 3.01. The van der Waals surface area contributed by atoms with Crippen LogP contribution in [0, 0.1) is 21.4 Å². The predicted octanol–water partition coefficient (Wildman–Crippen LogP) is 3.32. The molecule has 0 saturated carbocycles. The van der Waals surface area contributed by atoms with E-state index >= 15 is 0 Å². The van der Waals surface area contributed by atoms with E-state index in [0.717, 1.165) is 22.7 Å². The van der Waals surface area contributed by atoms with Gasteiger partial charge in [-0.25, -0.2) is 4.79 Å². The molecule has 2 aromatic carbocycles. The van der Waals surface area contributed by atoms with Gasteiger partial charge < -0.3 is 19.1 Å². The van der Waals surface area contributed by atoms with E-state index in [2.05, 4.69) is 0 Å². The van der Waals surface area contributed by atoms with Gasteiger partial charge in [0.05, 0.1) is 30.9 Å². The molecular weight excluding hydrogens is 438 g/mol. The van der Waals surface area contributed by atoms with Crippen LogP contribution < -0.4 is 14.4 Å². The van der Waals surface area contributed by atoms with Crippen LogP contribution in [0.25, 0.3) is 0 Å². The SMILES string of the molecule is COc1cc(C(=O)OCC(=O)/C(C#N)=C2\Sc3ccccc3N2C)c([N+](=O)[O-])cc1OC. The highest BCUT2D eigenvalue weighted by Crippen LogP contribution is 2.46. The maximum atomic E-state index is 12.7. The number of ketones is 1. The summed E-state index contributed by atoms with van der Waals surface area (Å²) in [6, 6.07) is 11.4. The molecule has 1 heterocycles. The second-order valence-corrected chi connectivity index (χ2v) is 7.43. The molecule has 0 unspecified atom stereocenters. The van der Waals surface area contributed by atoms with Crippen molar-refractivity contribution in [2.45, 2.75) is 4.90 Å². The van der Waals surface area contributed by atoms with Gasteiger partial charge in [0.15, 0.2) is 18.1 Å². The molecule has 3 rings (SSSR count). The molecule has 0 amide bonds. The van der Waals surface area contributed by atoms with E-state index in [-0.39, 0.29) is 17.1 Å². The van der Waals surface area contributed by atoms with Crippen LogP contribution in [0.15, 0.2) is 51.9 Å². The van der Waals surface area contributed by atoms with Crippen molar-refractivity contribution >= 4 is 34.9 Å². The molecule has 1 aliphatic heterocycles. The Labute approximate surface area is 187 Å². The van der Waals surface area contributed by atoms with Crippen molar-refractivity contribution in [3.8, 4) is 17.6 Å². The number of nitriles is 1. The smallest absolute Gasteiger partial charge is 0.345 e. The van der Waals surface area contributed by atoms with E-state index in [1.165, 1.54) is 26.0 Å². The summed E-state index contributed by atoms with van der Waals surface area (Å²) in [5.41, 5.74) is -0.318. The lowest BCUT2D eigenvalue weighted by Crippen LogP contribution is -2.20. The van der Waals surface area contributed by atoms with E-state index < -0.39 is 34.5 Å². The molecule has 0 fully saturated rings. The third-order valence-electron chi connectivity index (χ3n) is 4.60. The number of methoxy groups -OCH3 is 2. The second kappa shape index (κ2) is 9.40. The Morgan fingerprint density at radius 3 is 2.44 bits per heavy atom. The monoisotopic (exact) mass is 455 g/mol. The van der Waals surface area contributed by atoms with Gasteiger partial charge in [-0.15, -0.1) is 0 Å². The van der Waals surface area contributed by atoms with Crippen LogP contribution in [-0.4, -0.2) is 44.6 Å². The largest absolute Gasteiger partial charge is 0.493 e. The molecule has 2 aromatic rings. The summed E-state index contributed by atoms with van der Waals surface area (Å²) >= 11 is 1.25. The second-order valence-electron chi connectivity index (χ2n) is 6.40. The Hall–Kier alpha value is -4.04. The van der Waals surface area contributed by atoms with Crippen molar-refractivity contribution in [1.82, 2.24) is 0 Å². The van der Waals surface area contributed by atoms with Crippen LogP contribution in [0.4, 0.5) is 11.4 Å². The molecule has 11 heteroatoms. The Balaban J connectivity index is 1.83. The first-order valence-corrected chi connectivity index (χ1v) is 9.89. The fraction of sp³-hybridized carbons (Fsp3) is 0.190. The third-order valence-corrected chi connectivity index (χ3v) is 5.83. The van der Waals surface area contributed by atoms with Gasteiger partial charge in [-0.2, -0.15) is 5.26 Å². The summed E-state index contributed by atoms with van der Waals surface area (Å²) in [5.74, 6) is -1.70. The van der Waals surface area contributed by atoms with Crippen molar-refractivity contribution < 1.29 is 28.7 Å². The number of fused-ring (bicyclic) bond motifs is 1. The summed E-state index contributed by atoms with van der Waals surface area (Å²) in [7, 11) is 4.32. The highest BCUT2D eigenvalue weighted by molar-refractivity contribution is 8.03. The first-order chi connectivity index (χ1) is 15.3. The molecule has 0 saturated heterocycles. The van der Waals surface area contributed by atoms with Crippen LogP contribution in [0.3, 0.4) is 0 Å². The van der Waals surface area contributed by atoms with Crippen LogP contribution in [0.2, 0.25) is 0 Å². The van der Waals surface area contributed by atoms with Crippen molar-refractivity contribution in [2.75, 3.05) is 32.8 Å². The highest BCUT2D eigenvalue weighted by Gasteiger charge is 2.30. The number of nitro groups is 1. The number of thioether (sulfide) groups is 1. The van der Waals surface area contributed by atoms with Gasteiger partial charge in [-0.3, -0.25) is 14.9 Å².